The maximum Gasteiger partial charge on any atom is 0.387 e. The Labute approximate surface area is 155 Å². The molecular formula is C18H24F3N3O3. The summed E-state index contributed by atoms with van der Waals surface area (Å²) in [7, 11) is 0. The van der Waals surface area contributed by atoms with Crippen molar-refractivity contribution in [3.05, 3.63) is 29.6 Å². The van der Waals surface area contributed by atoms with Gasteiger partial charge in [-0.25, -0.2) is 4.39 Å². The summed E-state index contributed by atoms with van der Waals surface area (Å²) < 4.78 is 42.8. The van der Waals surface area contributed by atoms with Crippen LogP contribution in [0.15, 0.2) is 18.2 Å². The van der Waals surface area contributed by atoms with Gasteiger partial charge in [-0.3, -0.25) is 14.9 Å². The lowest BCUT2D eigenvalue weighted by Crippen LogP contribution is -2.60. The zero-order chi connectivity index (χ0) is 20.4. The molecule has 27 heavy (non-hydrogen) atoms. The molecule has 2 amide bonds. The molecule has 1 fully saturated rings. The predicted molar refractivity (Wildman–Crippen MR) is 92.5 cm³/mol. The molecule has 150 valence electrons. The summed E-state index contributed by atoms with van der Waals surface area (Å²) in [5.74, 6) is -2.15. The molecule has 9 heteroatoms. The van der Waals surface area contributed by atoms with Crippen LogP contribution in [-0.4, -0.2) is 30.6 Å². The van der Waals surface area contributed by atoms with Crippen molar-refractivity contribution in [1.29, 1.82) is 0 Å². The minimum atomic E-state index is -3.13. The predicted octanol–water partition coefficient (Wildman–Crippen LogP) is 2.45. The van der Waals surface area contributed by atoms with E-state index in [1.54, 1.807) is 6.92 Å². The first-order chi connectivity index (χ1) is 12.5. The first kappa shape index (κ1) is 21.0. The molecule has 2 rings (SSSR count). The van der Waals surface area contributed by atoms with Gasteiger partial charge in [0.2, 0.25) is 11.8 Å². The van der Waals surface area contributed by atoms with E-state index in [1.807, 2.05) is 20.8 Å². The highest BCUT2D eigenvalue weighted by atomic mass is 19.3. The number of carbonyl (C=O) groups is 2. The molecule has 3 atom stereocenters. The number of nitrogens with one attached hydrogen (secondary N) is 3. The summed E-state index contributed by atoms with van der Waals surface area (Å²) in [6.07, 6.45) is -0.360. The first-order valence-electron chi connectivity index (χ1n) is 8.57. The Hall–Kier alpha value is -2.29. The number of ether oxygens (including phenoxy) is 1. The third-order valence-electron chi connectivity index (χ3n) is 4.19. The quantitative estimate of drug-likeness (QED) is 0.725. The molecule has 1 aliphatic rings. The van der Waals surface area contributed by atoms with E-state index in [2.05, 4.69) is 20.7 Å². The molecule has 1 saturated heterocycles. The largest absolute Gasteiger partial charge is 0.432 e. The van der Waals surface area contributed by atoms with Gasteiger partial charge >= 0.3 is 6.61 Å². The SMILES string of the molecule is CC1NC(=O)CC(C(=O)N[C@@H](c2ccc(OC(F)F)c(F)c2)C(C)(C)C)N1. The monoisotopic (exact) mass is 387 g/mol. The van der Waals surface area contributed by atoms with Gasteiger partial charge in [0.25, 0.3) is 0 Å². The lowest BCUT2D eigenvalue weighted by atomic mass is 9.82. The third-order valence-corrected chi connectivity index (χ3v) is 4.19. The molecule has 6 nitrogen and oxygen atoms in total. The summed E-state index contributed by atoms with van der Waals surface area (Å²) in [6, 6.07) is 2.28. The molecule has 3 N–H and O–H groups in total. The standard InChI is InChI=1S/C18H24F3N3O3/c1-9-22-12(8-14(25)23-9)16(26)24-15(18(2,3)4)10-5-6-13(11(19)7-10)27-17(20)21/h5-7,9,12,15,17,22H,8H2,1-4H3,(H,23,25)(H,24,26)/t9?,12?,15-/m0/s1. The number of alkyl halides is 2. The molecule has 0 aromatic heterocycles. The van der Waals surface area contributed by atoms with Crippen molar-refractivity contribution >= 4 is 11.8 Å². The average molecular weight is 387 g/mol. The molecule has 0 spiro atoms. The van der Waals surface area contributed by atoms with E-state index in [1.165, 1.54) is 6.07 Å². The van der Waals surface area contributed by atoms with Crippen molar-refractivity contribution in [3.63, 3.8) is 0 Å². The maximum atomic E-state index is 14.1. The second kappa shape index (κ2) is 8.16. The second-order valence-electron chi connectivity index (χ2n) is 7.59. The van der Waals surface area contributed by atoms with Crippen LogP contribution in [0.25, 0.3) is 0 Å². The van der Waals surface area contributed by atoms with Crippen molar-refractivity contribution < 1.29 is 27.5 Å². The molecule has 0 radical (unpaired) electrons. The summed E-state index contributed by atoms with van der Waals surface area (Å²) in [4.78, 5) is 24.3. The smallest absolute Gasteiger partial charge is 0.387 e. The Bertz CT molecular complexity index is 707. The van der Waals surface area contributed by atoms with E-state index in [9.17, 15) is 22.8 Å². The molecule has 1 aromatic carbocycles. The van der Waals surface area contributed by atoms with Crippen molar-refractivity contribution in [2.24, 2.45) is 5.41 Å². The van der Waals surface area contributed by atoms with E-state index in [-0.39, 0.29) is 18.5 Å². The number of carbonyl (C=O) groups excluding carboxylic acids is 2. The second-order valence-corrected chi connectivity index (χ2v) is 7.59. The number of rotatable bonds is 5. The molecule has 0 saturated carbocycles. The van der Waals surface area contributed by atoms with Gasteiger partial charge in [0.05, 0.1) is 24.7 Å². The number of halogens is 3. The van der Waals surface area contributed by atoms with Gasteiger partial charge in [0.1, 0.15) is 0 Å². The molecule has 0 aliphatic carbocycles. The number of amides is 2. The lowest BCUT2D eigenvalue weighted by molar-refractivity contribution is -0.132. The Morgan fingerprint density at radius 1 is 1.33 bits per heavy atom. The zero-order valence-electron chi connectivity index (χ0n) is 15.6. The Morgan fingerprint density at radius 2 is 2.00 bits per heavy atom. The van der Waals surface area contributed by atoms with Gasteiger partial charge in [-0.15, -0.1) is 0 Å². The van der Waals surface area contributed by atoms with E-state index >= 15 is 0 Å². The van der Waals surface area contributed by atoms with Crippen LogP contribution in [0.1, 0.15) is 45.7 Å². The summed E-state index contributed by atoms with van der Waals surface area (Å²) in [5, 5.41) is 8.46. The van der Waals surface area contributed by atoms with E-state index in [4.69, 9.17) is 0 Å². The van der Waals surface area contributed by atoms with Gasteiger partial charge in [0, 0.05) is 0 Å². The van der Waals surface area contributed by atoms with Crippen LogP contribution in [0.4, 0.5) is 13.2 Å². The van der Waals surface area contributed by atoms with Crippen LogP contribution >= 0.6 is 0 Å². The highest BCUT2D eigenvalue weighted by Crippen LogP contribution is 2.35. The Kier molecular flexibility index (Phi) is 6.35. The number of hydrogen-bond acceptors (Lipinski definition) is 4. The van der Waals surface area contributed by atoms with E-state index in [0.717, 1.165) is 12.1 Å². The van der Waals surface area contributed by atoms with Gasteiger partial charge in [-0.2, -0.15) is 8.78 Å². The molecular weight excluding hydrogens is 363 g/mol. The average Bonchev–Trinajstić information content (AvgIpc) is 2.52. The number of hydrogen-bond donors (Lipinski definition) is 3. The minimum Gasteiger partial charge on any atom is -0.432 e. The van der Waals surface area contributed by atoms with Crippen LogP contribution in [0.3, 0.4) is 0 Å². The lowest BCUT2D eigenvalue weighted by Gasteiger charge is -2.35. The number of benzene rings is 1. The summed E-state index contributed by atoms with van der Waals surface area (Å²) in [5.41, 5.74) is -0.0984. The fraction of sp³-hybridized carbons (Fsp3) is 0.556. The third kappa shape index (κ3) is 5.59. The van der Waals surface area contributed by atoms with Crippen LogP contribution in [-0.2, 0) is 9.59 Å². The van der Waals surface area contributed by atoms with Crippen molar-refractivity contribution in [2.45, 2.75) is 59.0 Å². The molecule has 1 heterocycles. The van der Waals surface area contributed by atoms with Gasteiger partial charge < -0.3 is 15.4 Å². The van der Waals surface area contributed by atoms with Crippen LogP contribution < -0.4 is 20.7 Å². The van der Waals surface area contributed by atoms with Crippen molar-refractivity contribution in [3.8, 4) is 5.75 Å². The molecule has 2 unspecified atom stereocenters. The Balaban J connectivity index is 2.22. The summed E-state index contributed by atoms with van der Waals surface area (Å²) in [6.45, 7) is 4.14. The molecule has 1 aliphatic heterocycles. The molecule has 1 aromatic rings. The maximum absolute atomic E-state index is 14.1. The van der Waals surface area contributed by atoms with E-state index < -0.39 is 41.6 Å². The van der Waals surface area contributed by atoms with Gasteiger partial charge in [-0.05, 0) is 30.0 Å². The highest BCUT2D eigenvalue weighted by Gasteiger charge is 2.34. The van der Waals surface area contributed by atoms with Crippen molar-refractivity contribution in [2.75, 3.05) is 0 Å². The fourth-order valence-corrected chi connectivity index (χ4v) is 2.99. The highest BCUT2D eigenvalue weighted by molar-refractivity contribution is 5.89. The minimum absolute atomic E-state index is 0.0113. The van der Waals surface area contributed by atoms with Crippen LogP contribution in [0.5, 0.6) is 5.75 Å². The normalized spacial score (nSPS) is 21.6. The topological polar surface area (TPSA) is 79.5 Å². The van der Waals surface area contributed by atoms with E-state index in [0.29, 0.717) is 5.56 Å². The zero-order valence-corrected chi connectivity index (χ0v) is 15.6. The fourth-order valence-electron chi connectivity index (χ4n) is 2.99. The summed E-state index contributed by atoms with van der Waals surface area (Å²) >= 11 is 0. The van der Waals surface area contributed by atoms with Crippen LogP contribution in [0, 0.1) is 11.2 Å². The molecule has 0 bridgehead atoms. The van der Waals surface area contributed by atoms with Gasteiger partial charge in [-0.1, -0.05) is 26.8 Å². The van der Waals surface area contributed by atoms with Crippen molar-refractivity contribution in [1.82, 2.24) is 16.0 Å². The van der Waals surface area contributed by atoms with Crippen LogP contribution in [0.2, 0.25) is 0 Å². The van der Waals surface area contributed by atoms with Gasteiger partial charge in [0.15, 0.2) is 11.6 Å². The first-order valence-corrected chi connectivity index (χ1v) is 8.57. The Morgan fingerprint density at radius 3 is 2.52 bits per heavy atom.